The molecule has 2 aliphatic heterocycles. The number of piperidine rings is 1. The molecule has 4 rings (SSSR count). The summed E-state index contributed by atoms with van der Waals surface area (Å²) in [6.07, 6.45) is 1.82. The Kier molecular flexibility index (Phi) is 6.04. The number of carbonyl (C=O) groups excluding carboxylic acids is 2. The number of nitro benzene ring substituents is 1. The summed E-state index contributed by atoms with van der Waals surface area (Å²) in [5.74, 6) is 0.510. The number of hydrogen-bond donors (Lipinski definition) is 0. The first kappa shape index (κ1) is 22.3. The molecule has 0 radical (unpaired) electrons. The third-order valence-electron chi connectivity index (χ3n) is 6.12. The van der Waals surface area contributed by atoms with Gasteiger partial charge in [-0.2, -0.15) is 0 Å². The van der Waals surface area contributed by atoms with Gasteiger partial charge in [-0.1, -0.05) is 6.92 Å². The Morgan fingerprint density at radius 2 is 1.52 bits per heavy atom. The van der Waals surface area contributed by atoms with Crippen molar-refractivity contribution in [3.63, 3.8) is 0 Å². The zero-order valence-corrected chi connectivity index (χ0v) is 18.7. The quantitative estimate of drug-likeness (QED) is 0.375. The van der Waals surface area contributed by atoms with Gasteiger partial charge in [0.15, 0.2) is 0 Å². The Labute approximate surface area is 191 Å². The van der Waals surface area contributed by atoms with Crippen LogP contribution in [0.5, 0.6) is 11.5 Å². The molecule has 33 heavy (non-hydrogen) atoms. The van der Waals surface area contributed by atoms with Crippen molar-refractivity contribution in [1.29, 1.82) is 0 Å². The minimum Gasteiger partial charge on any atom is -0.497 e. The second-order valence-electron chi connectivity index (χ2n) is 8.21. The predicted molar refractivity (Wildman–Crippen MR) is 122 cm³/mol. The second-order valence-corrected chi connectivity index (χ2v) is 8.21. The molecule has 1 fully saturated rings. The van der Waals surface area contributed by atoms with Crippen molar-refractivity contribution in [3.05, 3.63) is 63.8 Å². The fourth-order valence-electron chi connectivity index (χ4n) is 4.21. The lowest BCUT2D eigenvalue weighted by Crippen LogP contribution is -2.38. The Hall–Kier alpha value is -3.88. The molecule has 0 unspecified atom stereocenters. The third-order valence-corrected chi connectivity index (χ3v) is 6.12. The van der Waals surface area contributed by atoms with Crippen molar-refractivity contribution in [3.8, 4) is 11.5 Å². The molecule has 2 aromatic rings. The number of benzene rings is 2. The smallest absolute Gasteiger partial charge is 0.282 e. The maximum absolute atomic E-state index is 13.7. The van der Waals surface area contributed by atoms with E-state index in [0.29, 0.717) is 47.5 Å². The lowest BCUT2D eigenvalue weighted by molar-refractivity contribution is -0.384. The molecule has 9 nitrogen and oxygen atoms in total. The van der Waals surface area contributed by atoms with Gasteiger partial charge in [0.2, 0.25) is 0 Å². The summed E-state index contributed by atoms with van der Waals surface area (Å²) in [5, 5.41) is 11.1. The number of hydrogen-bond acceptors (Lipinski definition) is 7. The average Bonchev–Trinajstić information content (AvgIpc) is 3.09. The number of ether oxygens (including phenoxy) is 2. The van der Waals surface area contributed by atoms with Gasteiger partial charge < -0.3 is 14.4 Å². The maximum atomic E-state index is 13.7. The third kappa shape index (κ3) is 4.13. The van der Waals surface area contributed by atoms with Crippen molar-refractivity contribution in [2.24, 2.45) is 5.92 Å². The second kappa shape index (κ2) is 8.93. The average molecular weight is 451 g/mol. The molecule has 2 amide bonds. The molecular weight excluding hydrogens is 426 g/mol. The summed E-state index contributed by atoms with van der Waals surface area (Å²) in [5.41, 5.74) is 1.28. The molecule has 0 atom stereocenters. The van der Waals surface area contributed by atoms with Crippen molar-refractivity contribution in [2.75, 3.05) is 32.2 Å². The van der Waals surface area contributed by atoms with Crippen LogP contribution >= 0.6 is 0 Å². The van der Waals surface area contributed by atoms with Crippen LogP contribution in [0.1, 0.15) is 25.3 Å². The van der Waals surface area contributed by atoms with Gasteiger partial charge in [0, 0.05) is 43.4 Å². The van der Waals surface area contributed by atoms with E-state index >= 15 is 0 Å². The Balaban J connectivity index is 1.82. The summed E-state index contributed by atoms with van der Waals surface area (Å²) in [6, 6.07) is 10.6. The Bertz CT molecular complexity index is 1110. The summed E-state index contributed by atoms with van der Waals surface area (Å²) in [7, 11) is 2.99. The molecule has 172 valence electrons. The topological polar surface area (TPSA) is 102 Å². The largest absolute Gasteiger partial charge is 0.497 e. The minimum absolute atomic E-state index is 0.0844. The standard InChI is InChI=1S/C24H25N3O6/c1-15-8-10-25(11-9-15)22-21(16-4-6-17(7-5-16)27(30)31)23(28)26(24(22)29)18-12-19(32-2)14-20(13-18)33-3/h4-7,12-15H,8-11H2,1-3H3. The van der Waals surface area contributed by atoms with E-state index in [1.807, 2.05) is 4.90 Å². The van der Waals surface area contributed by atoms with Crippen LogP contribution in [0, 0.1) is 16.0 Å². The number of non-ortho nitro benzene ring substituents is 1. The number of rotatable bonds is 6. The van der Waals surface area contributed by atoms with E-state index in [-0.39, 0.29) is 11.3 Å². The van der Waals surface area contributed by atoms with Crippen LogP contribution < -0.4 is 14.4 Å². The van der Waals surface area contributed by atoms with Crippen LogP contribution in [0.25, 0.3) is 5.57 Å². The first-order chi connectivity index (χ1) is 15.8. The molecular formula is C24H25N3O6. The number of anilines is 1. The molecule has 0 aromatic heterocycles. The molecule has 2 aromatic carbocycles. The van der Waals surface area contributed by atoms with E-state index in [0.717, 1.165) is 17.7 Å². The first-order valence-corrected chi connectivity index (χ1v) is 10.7. The van der Waals surface area contributed by atoms with Crippen LogP contribution in [0.2, 0.25) is 0 Å². The molecule has 0 saturated carbocycles. The Morgan fingerprint density at radius 3 is 2.03 bits per heavy atom. The fourth-order valence-corrected chi connectivity index (χ4v) is 4.21. The number of imide groups is 1. The summed E-state index contributed by atoms with van der Waals surface area (Å²) in [6.45, 7) is 3.47. The molecule has 0 N–H and O–H groups in total. The molecule has 2 heterocycles. The van der Waals surface area contributed by atoms with Crippen molar-refractivity contribution < 1.29 is 24.0 Å². The Morgan fingerprint density at radius 1 is 0.939 bits per heavy atom. The molecule has 1 saturated heterocycles. The lowest BCUT2D eigenvalue weighted by atomic mass is 9.97. The van der Waals surface area contributed by atoms with Crippen molar-refractivity contribution in [1.82, 2.24) is 4.90 Å². The maximum Gasteiger partial charge on any atom is 0.282 e. The highest BCUT2D eigenvalue weighted by atomic mass is 16.6. The number of nitrogens with zero attached hydrogens (tertiary/aromatic N) is 3. The fraction of sp³-hybridized carbons (Fsp3) is 0.333. The van der Waals surface area contributed by atoms with E-state index in [1.165, 1.54) is 38.5 Å². The lowest BCUT2D eigenvalue weighted by Gasteiger charge is -2.32. The highest BCUT2D eigenvalue weighted by Crippen LogP contribution is 2.39. The number of carbonyl (C=O) groups is 2. The molecule has 0 aliphatic carbocycles. The highest BCUT2D eigenvalue weighted by molar-refractivity contribution is 6.45. The molecule has 0 bridgehead atoms. The number of methoxy groups -OCH3 is 2. The molecule has 0 spiro atoms. The zero-order valence-electron chi connectivity index (χ0n) is 18.7. The number of nitro groups is 1. The monoisotopic (exact) mass is 451 g/mol. The summed E-state index contributed by atoms with van der Waals surface area (Å²) in [4.78, 5) is 41.0. The van der Waals surface area contributed by atoms with Gasteiger partial charge in [-0.3, -0.25) is 19.7 Å². The number of likely N-dealkylation sites (tertiary alicyclic amines) is 1. The normalized spacial score (nSPS) is 17.1. The van der Waals surface area contributed by atoms with E-state index in [9.17, 15) is 19.7 Å². The SMILES string of the molecule is COc1cc(OC)cc(N2C(=O)C(c3ccc([N+](=O)[O-])cc3)=C(N3CCC(C)CC3)C2=O)c1. The van der Waals surface area contributed by atoms with E-state index in [4.69, 9.17) is 9.47 Å². The molecule has 9 heteroatoms. The minimum atomic E-state index is -0.498. The van der Waals surface area contributed by atoms with Crippen LogP contribution in [0.15, 0.2) is 48.2 Å². The van der Waals surface area contributed by atoms with Crippen molar-refractivity contribution >= 4 is 28.8 Å². The van der Waals surface area contributed by atoms with Gasteiger partial charge in [0.05, 0.1) is 30.4 Å². The highest BCUT2D eigenvalue weighted by Gasteiger charge is 2.43. The summed E-state index contributed by atoms with van der Waals surface area (Å²) < 4.78 is 10.6. The predicted octanol–water partition coefficient (Wildman–Crippen LogP) is 3.63. The van der Waals surface area contributed by atoms with Gasteiger partial charge in [-0.05, 0) is 36.5 Å². The van der Waals surface area contributed by atoms with Gasteiger partial charge in [0.25, 0.3) is 17.5 Å². The van der Waals surface area contributed by atoms with Gasteiger partial charge >= 0.3 is 0 Å². The first-order valence-electron chi connectivity index (χ1n) is 10.7. The van der Waals surface area contributed by atoms with Gasteiger partial charge in [-0.15, -0.1) is 0 Å². The van der Waals surface area contributed by atoms with Gasteiger partial charge in [0.1, 0.15) is 17.2 Å². The van der Waals surface area contributed by atoms with Crippen molar-refractivity contribution in [2.45, 2.75) is 19.8 Å². The van der Waals surface area contributed by atoms with E-state index < -0.39 is 16.7 Å². The van der Waals surface area contributed by atoms with Crippen LogP contribution in [-0.4, -0.2) is 48.9 Å². The summed E-state index contributed by atoms with van der Waals surface area (Å²) >= 11 is 0. The van der Waals surface area contributed by atoms with E-state index in [2.05, 4.69) is 6.92 Å². The van der Waals surface area contributed by atoms with Crippen LogP contribution in [-0.2, 0) is 9.59 Å². The van der Waals surface area contributed by atoms with Crippen LogP contribution in [0.4, 0.5) is 11.4 Å². The number of amides is 2. The van der Waals surface area contributed by atoms with Gasteiger partial charge in [-0.25, -0.2) is 4.90 Å². The van der Waals surface area contributed by atoms with E-state index in [1.54, 1.807) is 18.2 Å². The zero-order chi connectivity index (χ0) is 23.7. The van der Waals surface area contributed by atoms with Crippen LogP contribution in [0.3, 0.4) is 0 Å². The molecule has 2 aliphatic rings.